The van der Waals surface area contributed by atoms with Gasteiger partial charge in [-0.15, -0.1) is 0 Å². The summed E-state index contributed by atoms with van der Waals surface area (Å²) in [5.41, 5.74) is -1.26. The van der Waals surface area contributed by atoms with Gasteiger partial charge in [-0.3, -0.25) is 0 Å². The van der Waals surface area contributed by atoms with Crippen LogP contribution in [-0.2, 0) is 16.2 Å². The maximum absolute atomic E-state index is 13.4. The zero-order valence-electron chi connectivity index (χ0n) is 12.6. The normalized spacial score (nSPS) is 33.2. The minimum Gasteiger partial charge on any atom is -0.316 e. The molecule has 1 aromatic rings. The van der Waals surface area contributed by atoms with Gasteiger partial charge in [0.05, 0.1) is 15.5 Å². The van der Waals surface area contributed by atoms with Crippen molar-refractivity contribution in [2.45, 2.75) is 36.0 Å². The van der Waals surface area contributed by atoms with E-state index in [-0.39, 0.29) is 23.9 Å². The highest BCUT2D eigenvalue weighted by Gasteiger charge is 2.59. The van der Waals surface area contributed by atoms with E-state index < -0.39 is 31.7 Å². The van der Waals surface area contributed by atoms with E-state index in [2.05, 4.69) is 5.32 Å². The molecule has 0 aromatic heterocycles. The minimum atomic E-state index is -4.82. The zero-order chi connectivity index (χ0) is 17.3. The van der Waals surface area contributed by atoms with Crippen LogP contribution >= 0.6 is 11.6 Å². The number of nitrogens with zero attached hydrogens (tertiary/aromatic N) is 1. The highest BCUT2D eigenvalue weighted by molar-refractivity contribution is 7.89. The average Bonchev–Trinajstić information content (AvgIpc) is 3.17. The van der Waals surface area contributed by atoms with Gasteiger partial charge in [-0.1, -0.05) is 17.7 Å². The van der Waals surface area contributed by atoms with Crippen LogP contribution in [0.1, 0.15) is 18.4 Å². The molecule has 3 saturated heterocycles. The van der Waals surface area contributed by atoms with Gasteiger partial charge in [-0.2, -0.15) is 17.5 Å². The van der Waals surface area contributed by atoms with Gasteiger partial charge in [0.25, 0.3) is 0 Å². The number of hydrogen-bond donors (Lipinski definition) is 1. The lowest BCUT2D eigenvalue weighted by atomic mass is 9.82. The third-order valence-electron chi connectivity index (χ3n) is 5.52. The SMILES string of the molecule is O=S(=O)(c1cccc(Cl)c1C(F)(F)F)N1[C@@H]2CC[C@H]1[C@H]1CNC[C@H]12. The predicted octanol–water partition coefficient (Wildman–Crippen LogP) is 2.73. The molecule has 1 N–H and O–H groups in total. The lowest BCUT2D eigenvalue weighted by molar-refractivity contribution is -0.139. The fourth-order valence-electron chi connectivity index (χ4n) is 4.67. The molecule has 4 atom stereocenters. The van der Waals surface area contributed by atoms with Crippen LogP contribution in [0.3, 0.4) is 0 Å². The maximum Gasteiger partial charge on any atom is 0.419 e. The standard InChI is InChI=1S/C15H16ClF3N2O2S/c16-10-2-1-3-13(14(10)15(17,18)19)24(22,23)21-11-4-5-12(21)9-7-20-6-8(9)11/h1-3,8-9,11-12,20H,4-7H2/t8-,9+,11-,12+. The molecule has 132 valence electrons. The van der Waals surface area contributed by atoms with Crippen molar-refractivity contribution in [2.75, 3.05) is 13.1 Å². The van der Waals surface area contributed by atoms with Crippen molar-refractivity contribution in [3.63, 3.8) is 0 Å². The first kappa shape index (κ1) is 16.6. The molecule has 9 heteroatoms. The van der Waals surface area contributed by atoms with Crippen molar-refractivity contribution >= 4 is 21.6 Å². The maximum atomic E-state index is 13.4. The van der Waals surface area contributed by atoms with E-state index in [1.807, 2.05) is 0 Å². The van der Waals surface area contributed by atoms with Crippen LogP contribution in [0.2, 0.25) is 5.02 Å². The molecule has 4 nitrogen and oxygen atoms in total. The number of alkyl halides is 3. The second kappa shape index (κ2) is 5.33. The Morgan fingerprint density at radius 2 is 1.71 bits per heavy atom. The second-order valence-corrected chi connectivity index (χ2v) is 8.86. The molecule has 0 radical (unpaired) electrons. The summed E-state index contributed by atoms with van der Waals surface area (Å²) < 4.78 is 67.7. The summed E-state index contributed by atoms with van der Waals surface area (Å²) in [6.45, 7) is 1.44. The first-order valence-electron chi connectivity index (χ1n) is 7.83. The molecule has 3 aliphatic rings. The van der Waals surface area contributed by atoms with E-state index in [1.54, 1.807) is 0 Å². The van der Waals surface area contributed by atoms with Gasteiger partial charge in [0.2, 0.25) is 10.0 Å². The van der Waals surface area contributed by atoms with Crippen LogP contribution < -0.4 is 5.32 Å². The molecule has 0 saturated carbocycles. The fourth-order valence-corrected chi connectivity index (χ4v) is 7.21. The summed E-state index contributed by atoms with van der Waals surface area (Å²) in [4.78, 5) is -0.729. The first-order valence-corrected chi connectivity index (χ1v) is 9.64. The molecular weight excluding hydrogens is 365 g/mol. The lowest BCUT2D eigenvalue weighted by Crippen LogP contribution is -2.40. The van der Waals surface area contributed by atoms with Crippen LogP contribution in [0.5, 0.6) is 0 Å². The number of halogens is 4. The summed E-state index contributed by atoms with van der Waals surface area (Å²) in [6.07, 6.45) is -3.42. The van der Waals surface area contributed by atoms with E-state index in [1.165, 1.54) is 10.4 Å². The van der Waals surface area contributed by atoms with Crippen LogP contribution in [-0.4, -0.2) is 37.9 Å². The van der Waals surface area contributed by atoms with Crippen molar-refractivity contribution in [3.8, 4) is 0 Å². The van der Waals surface area contributed by atoms with Gasteiger partial charge in [0.15, 0.2) is 0 Å². The number of hydrogen-bond acceptors (Lipinski definition) is 3. The Balaban J connectivity index is 1.82. The Morgan fingerprint density at radius 3 is 2.25 bits per heavy atom. The Bertz CT molecular complexity index is 765. The molecule has 3 heterocycles. The summed E-state index contributed by atoms with van der Waals surface area (Å²) in [6, 6.07) is 2.89. The smallest absolute Gasteiger partial charge is 0.316 e. The second-order valence-electron chi connectivity index (χ2n) is 6.64. The summed E-state index contributed by atoms with van der Waals surface area (Å²) in [5, 5.41) is 2.67. The van der Waals surface area contributed by atoms with Crippen LogP contribution in [0.15, 0.2) is 23.1 Å². The molecule has 3 aliphatic heterocycles. The molecule has 1 aromatic carbocycles. The van der Waals surface area contributed by atoms with Crippen molar-refractivity contribution < 1.29 is 21.6 Å². The molecule has 0 amide bonds. The van der Waals surface area contributed by atoms with E-state index in [9.17, 15) is 21.6 Å². The Labute approximate surface area is 143 Å². The lowest BCUT2D eigenvalue weighted by Gasteiger charge is -2.26. The molecule has 3 fully saturated rings. The highest BCUT2D eigenvalue weighted by Crippen LogP contribution is 2.51. The molecular formula is C15H16ClF3N2O2S. The molecule has 24 heavy (non-hydrogen) atoms. The Kier molecular flexibility index (Phi) is 3.69. The van der Waals surface area contributed by atoms with E-state index in [0.29, 0.717) is 12.8 Å². The number of rotatable bonds is 2. The zero-order valence-corrected chi connectivity index (χ0v) is 14.1. The quantitative estimate of drug-likeness (QED) is 0.858. The highest BCUT2D eigenvalue weighted by atomic mass is 35.5. The molecule has 0 unspecified atom stereocenters. The van der Waals surface area contributed by atoms with Gasteiger partial charge in [-0.25, -0.2) is 8.42 Å². The van der Waals surface area contributed by atoms with Gasteiger partial charge in [0, 0.05) is 12.1 Å². The number of sulfonamides is 1. The van der Waals surface area contributed by atoms with Crippen LogP contribution in [0.25, 0.3) is 0 Å². The van der Waals surface area contributed by atoms with Crippen molar-refractivity contribution in [2.24, 2.45) is 11.8 Å². The summed E-state index contributed by atoms with van der Waals surface area (Å²) in [5.74, 6) is 0.374. The van der Waals surface area contributed by atoms with Crippen molar-refractivity contribution in [3.05, 3.63) is 28.8 Å². The molecule has 4 rings (SSSR count). The predicted molar refractivity (Wildman–Crippen MR) is 82.1 cm³/mol. The fraction of sp³-hybridized carbons (Fsp3) is 0.600. The summed E-state index contributed by atoms with van der Waals surface area (Å²) >= 11 is 5.70. The third kappa shape index (κ3) is 2.23. The summed E-state index contributed by atoms with van der Waals surface area (Å²) in [7, 11) is -4.25. The van der Waals surface area contributed by atoms with Crippen molar-refractivity contribution in [1.82, 2.24) is 9.62 Å². The molecule has 0 spiro atoms. The van der Waals surface area contributed by atoms with Crippen molar-refractivity contribution in [1.29, 1.82) is 0 Å². The van der Waals surface area contributed by atoms with E-state index >= 15 is 0 Å². The van der Waals surface area contributed by atoms with Crippen LogP contribution in [0, 0.1) is 11.8 Å². The first-order chi connectivity index (χ1) is 11.2. The van der Waals surface area contributed by atoms with E-state index in [4.69, 9.17) is 11.6 Å². The molecule has 2 bridgehead atoms. The van der Waals surface area contributed by atoms with Gasteiger partial charge in [-0.05, 0) is 49.9 Å². The third-order valence-corrected chi connectivity index (χ3v) is 7.83. The van der Waals surface area contributed by atoms with E-state index in [0.717, 1.165) is 25.2 Å². The Hall–Kier alpha value is -0.830. The minimum absolute atomic E-state index is 0.187. The van der Waals surface area contributed by atoms with Gasteiger partial charge < -0.3 is 5.32 Å². The average molecular weight is 381 g/mol. The van der Waals surface area contributed by atoms with Crippen LogP contribution in [0.4, 0.5) is 13.2 Å². The largest absolute Gasteiger partial charge is 0.419 e. The van der Waals surface area contributed by atoms with Gasteiger partial charge in [0.1, 0.15) is 0 Å². The molecule has 0 aliphatic carbocycles. The Morgan fingerprint density at radius 1 is 1.12 bits per heavy atom. The number of fused-ring (bicyclic) bond motifs is 5. The number of nitrogens with one attached hydrogen (secondary N) is 1. The van der Waals surface area contributed by atoms with Gasteiger partial charge >= 0.3 is 6.18 Å². The topological polar surface area (TPSA) is 49.4 Å². The number of benzene rings is 1. The monoisotopic (exact) mass is 380 g/mol.